The minimum Gasteiger partial charge on any atom is -0.495 e. The Kier molecular flexibility index (Phi) is 6.68. The van der Waals surface area contributed by atoms with Gasteiger partial charge in [0, 0.05) is 38.8 Å². The van der Waals surface area contributed by atoms with Crippen LogP contribution in [0.1, 0.15) is 17.5 Å². The fourth-order valence-corrected chi connectivity index (χ4v) is 4.72. The van der Waals surface area contributed by atoms with Gasteiger partial charge >= 0.3 is 0 Å². The molecule has 0 amide bonds. The third kappa shape index (κ3) is 5.25. The second-order valence-corrected chi connectivity index (χ2v) is 8.78. The van der Waals surface area contributed by atoms with Gasteiger partial charge < -0.3 is 19.1 Å². The molecule has 5 rings (SSSR count). The number of hydrogen-bond acceptors (Lipinski definition) is 5. The van der Waals surface area contributed by atoms with Gasteiger partial charge in [-0.2, -0.15) is 0 Å². The number of benzene rings is 3. The summed E-state index contributed by atoms with van der Waals surface area (Å²) in [7, 11) is 1.74. The molecule has 2 aliphatic heterocycles. The first-order valence-corrected chi connectivity index (χ1v) is 11.8. The van der Waals surface area contributed by atoms with E-state index in [4.69, 9.17) is 14.2 Å². The van der Waals surface area contributed by atoms with Gasteiger partial charge in [-0.15, -0.1) is 0 Å². The summed E-state index contributed by atoms with van der Waals surface area (Å²) in [5.74, 6) is 2.79. The lowest BCUT2D eigenvalue weighted by Crippen LogP contribution is -2.49. The van der Waals surface area contributed by atoms with Crippen molar-refractivity contribution < 1.29 is 14.2 Å². The lowest BCUT2D eigenvalue weighted by Gasteiger charge is -2.38. The Balaban J connectivity index is 1.15. The van der Waals surface area contributed by atoms with Crippen LogP contribution in [0.3, 0.4) is 0 Å². The van der Waals surface area contributed by atoms with Crippen LogP contribution < -0.4 is 19.1 Å². The third-order valence-corrected chi connectivity index (χ3v) is 6.58. The summed E-state index contributed by atoms with van der Waals surface area (Å²) < 4.78 is 18.0. The van der Waals surface area contributed by atoms with E-state index in [-0.39, 0.29) is 6.10 Å². The number of rotatable bonds is 7. The first kappa shape index (κ1) is 21.7. The highest BCUT2D eigenvalue weighted by atomic mass is 16.5. The Bertz CT molecular complexity index is 1050. The van der Waals surface area contributed by atoms with Gasteiger partial charge in [-0.25, -0.2) is 0 Å². The summed E-state index contributed by atoms with van der Waals surface area (Å²) in [6, 6.07) is 24.8. The highest BCUT2D eigenvalue weighted by molar-refractivity contribution is 5.58. The second-order valence-electron chi connectivity index (χ2n) is 8.78. The zero-order valence-electron chi connectivity index (χ0n) is 19.3. The SMILES string of the molecule is COc1ccccc1N1CCN(CC2CCc3ccc(OCc4ccccc4)cc3O2)CC1. The number of anilines is 1. The largest absolute Gasteiger partial charge is 0.495 e. The van der Waals surface area contributed by atoms with E-state index in [2.05, 4.69) is 52.3 Å². The summed E-state index contributed by atoms with van der Waals surface area (Å²) in [6.45, 7) is 5.60. The molecular formula is C28H32N2O3. The monoisotopic (exact) mass is 444 g/mol. The Morgan fingerprint density at radius 3 is 2.52 bits per heavy atom. The molecule has 172 valence electrons. The summed E-state index contributed by atoms with van der Waals surface area (Å²) in [6.07, 6.45) is 2.34. The van der Waals surface area contributed by atoms with Gasteiger partial charge in [0.1, 0.15) is 30.0 Å². The van der Waals surface area contributed by atoms with Crippen molar-refractivity contribution in [3.8, 4) is 17.2 Å². The number of fused-ring (bicyclic) bond motifs is 1. The van der Waals surface area contributed by atoms with Crippen LogP contribution in [0.5, 0.6) is 17.2 Å². The maximum atomic E-state index is 6.42. The van der Waals surface area contributed by atoms with Crippen LogP contribution in [0.2, 0.25) is 0 Å². The van der Waals surface area contributed by atoms with Crippen LogP contribution >= 0.6 is 0 Å². The van der Waals surface area contributed by atoms with Crippen LogP contribution in [0.15, 0.2) is 72.8 Å². The van der Waals surface area contributed by atoms with Crippen molar-refractivity contribution in [2.24, 2.45) is 0 Å². The molecular weight excluding hydrogens is 412 g/mol. The highest BCUT2D eigenvalue weighted by Crippen LogP contribution is 2.32. The summed E-state index contributed by atoms with van der Waals surface area (Å²) in [5, 5.41) is 0. The normalized spacial score (nSPS) is 18.3. The highest BCUT2D eigenvalue weighted by Gasteiger charge is 2.25. The molecule has 0 aliphatic carbocycles. The zero-order valence-corrected chi connectivity index (χ0v) is 19.3. The number of ether oxygens (including phenoxy) is 3. The quantitative estimate of drug-likeness (QED) is 0.523. The van der Waals surface area contributed by atoms with Gasteiger partial charge in [-0.05, 0) is 42.2 Å². The van der Waals surface area contributed by atoms with E-state index in [1.807, 2.05) is 30.3 Å². The molecule has 1 saturated heterocycles. The molecule has 2 aliphatic rings. The lowest BCUT2D eigenvalue weighted by molar-refractivity contribution is 0.110. The Labute approximate surface area is 196 Å². The van der Waals surface area contributed by atoms with Crippen LogP contribution in [0.4, 0.5) is 5.69 Å². The van der Waals surface area contributed by atoms with Crippen molar-refractivity contribution in [3.63, 3.8) is 0 Å². The molecule has 1 unspecified atom stereocenters. The molecule has 0 aromatic heterocycles. The van der Waals surface area contributed by atoms with Gasteiger partial charge in [0.25, 0.3) is 0 Å². The number of hydrogen-bond donors (Lipinski definition) is 0. The van der Waals surface area contributed by atoms with E-state index >= 15 is 0 Å². The molecule has 0 N–H and O–H groups in total. The number of piperazine rings is 1. The molecule has 1 atom stereocenters. The molecule has 5 heteroatoms. The van der Waals surface area contributed by atoms with Crippen LogP contribution in [0.25, 0.3) is 0 Å². The van der Waals surface area contributed by atoms with E-state index in [9.17, 15) is 0 Å². The van der Waals surface area contributed by atoms with E-state index < -0.39 is 0 Å². The minimum absolute atomic E-state index is 0.222. The predicted molar refractivity (Wildman–Crippen MR) is 132 cm³/mol. The van der Waals surface area contributed by atoms with Gasteiger partial charge in [0.05, 0.1) is 12.8 Å². The minimum atomic E-state index is 0.222. The molecule has 0 spiro atoms. The average molecular weight is 445 g/mol. The first-order chi connectivity index (χ1) is 16.3. The smallest absolute Gasteiger partial charge is 0.142 e. The first-order valence-electron chi connectivity index (χ1n) is 11.8. The van der Waals surface area contributed by atoms with Gasteiger partial charge in [0.2, 0.25) is 0 Å². The van der Waals surface area contributed by atoms with E-state index in [1.165, 1.54) is 16.8 Å². The van der Waals surface area contributed by atoms with Crippen molar-refractivity contribution in [2.45, 2.75) is 25.6 Å². The topological polar surface area (TPSA) is 34.2 Å². The van der Waals surface area contributed by atoms with E-state index in [1.54, 1.807) is 7.11 Å². The number of nitrogens with zero attached hydrogens (tertiary/aromatic N) is 2. The van der Waals surface area contributed by atoms with Crippen molar-refractivity contribution in [2.75, 3.05) is 44.7 Å². The molecule has 3 aromatic carbocycles. The Hall–Kier alpha value is -3.18. The third-order valence-electron chi connectivity index (χ3n) is 6.58. The van der Waals surface area contributed by atoms with Gasteiger partial charge in [-0.1, -0.05) is 48.5 Å². The van der Waals surface area contributed by atoms with E-state index in [0.29, 0.717) is 6.61 Å². The molecule has 2 heterocycles. The fraction of sp³-hybridized carbons (Fsp3) is 0.357. The summed E-state index contributed by atoms with van der Waals surface area (Å²) in [4.78, 5) is 4.94. The molecule has 0 saturated carbocycles. The maximum absolute atomic E-state index is 6.42. The number of para-hydroxylation sites is 2. The number of methoxy groups -OCH3 is 1. The molecule has 3 aromatic rings. The number of aryl methyl sites for hydroxylation is 1. The van der Waals surface area contributed by atoms with Crippen molar-refractivity contribution in [1.82, 2.24) is 4.90 Å². The van der Waals surface area contributed by atoms with Gasteiger partial charge in [0.15, 0.2) is 0 Å². The summed E-state index contributed by atoms with van der Waals surface area (Å²) >= 11 is 0. The average Bonchev–Trinajstić information content (AvgIpc) is 2.88. The molecule has 1 fully saturated rings. The fourth-order valence-electron chi connectivity index (χ4n) is 4.72. The zero-order chi connectivity index (χ0) is 22.5. The summed E-state index contributed by atoms with van der Waals surface area (Å²) in [5.41, 5.74) is 3.63. The van der Waals surface area contributed by atoms with Crippen LogP contribution in [0, 0.1) is 0 Å². The van der Waals surface area contributed by atoms with Crippen molar-refractivity contribution in [3.05, 3.63) is 83.9 Å². The lowest BCUT2D eigenvalue weighted by atomic mass is 10.0. The van der Waals surface area contributed by atoms with Crippen molar-refractivity contribution >= 4 is 5.69 Å². The second kappa shape index (κ2) is 10.2. The van der Waals surface area contributed by atoms with Crippen LogP contribution in [-0.4, -0.2) is 50.8 Å². The van der Waals surface area contributed by atoms with Gasteiger partial charge in [-0.3, -0.25) is 4.90 Å². The standard InChI is InChI=1S/C28H32N2O3/c1-31-27-10-6-5-9-26(27)30-17-15-29(16-18-30)20-25-14-12-23-11-13-24(19-28(23)33-25)32-21-22-7-3-2-4-8-22/h2-11,13,19,25H,12,14-18,20-21H2,1H3. The molecule has 0 bridgehead atoms. The van der Waals surface area contributed by atoms with Crippen molar-refractivity contribution in [1.29, 1.82) is 0 Å². The Morgan fingerprint density at radius 1 is 0.909 bits per heavy atom. The molecule has 5 nitrogen and oxygen atoms in total. The predicted octanol–water partition coefficient (Wildman–Crippen LogP) is 4.79. The maximum Gasteiger partial charge on any atom is 0.142 e. The molecule has 33 heavy (non-hydrogen) atoms. The van der Waals surface area contributed by atoms with Crippen LogP contribution in [-0.2, 0) is 13.0 Å². The molecule has 0 radical (unpaired) electrons. The Morgan fingerprint density at radius 2 is 1.70 bits per heavy atom. The van der Waals surface area contributed by atoms with E-state index in [0.717, 1.165) is 62.8 Å².